The van der Waals surface area contributed by atoms with Crippen LogP contribution in [0.15, 0.2) is 170 Å². The highest BCUT2D eigenvalue weighted by Gasteiger charge is 2.29. The molecule has 0 aliphatic heterocycles. The summed E-state index contributed by atoms with van der Waals surface area (Å²) >= 11 is 0. The number of ether oxygens (including phenoxy) is 3. The quantitative estimate of drug-likeness (QED) is 0.0146. The van der Waals surface area contributed by atoms with Crippen molar-refractivity contribution in [3.8, 4) is 0 Å². The highest BCUT2D eigenvalue weighted by molar-refractivity contribution is 7.47. The lowest BCUT2D eigenvalue weighted by atomic mass is 10.1. The van der Waals surface area contributed by atoms with Gasteiger partial charge in [0.1, 0.15) is 25.4 Å². The standard InChI is InChI=1S/C81H132O16P2/c1-4-7-10-13-16-19-22-25-28-30-32-33-34-35-36-37-38-39-40-41-43-45-47-49-52-55-58-61-64-67-79(84)91-70-76(82)71-93-98(87,88)94-72-77(83)73-95-99(89,90)96-75-78(97-81(86)69-66-63-60-57-54-51-46-27-24-21-18-15-12-9-6-3)74-92-80(85)68-65-62-59-56-53-50-48-44-42-31-29-26-23-20-17-14-11-8-5-2/h7-8,10-11,16-21,25-29,32-33,35-36,38-39,42,44,46,50,53,59,62,76-78,82-83H,4-6,9,12-15,22-24,30-31,34,37,40-41,43,45,47-49,51-52,54-58,60-61,63-75H2,1-3H3,(H,87,88)(H,89,90)/b10-7-,11-8-,19-16-,20-17-,21-18-,28-25-,29-26-,33-32-,36-35-,39-38-,44-42-,46-27-,53-50-,62-59-. The van der Waals surface area contributed by atoms with E-state index < -0.39 is 91.5 Å². The maximum Gasteiger partial charge on any atom is 0.472 e. The Morgan fingerprint density at radius 3 is 0.909 bits per heavy atom. The van der Waals surface area contributed by atoms with E-state index in [-0.39, 0.29) is 19.3 Å². The van der Waals surface area contributed by atoms with Gasteiger partial charge in [-0.3, -0.25) is 32.5 Å². The third kappa shape index (κ3) is 73.9. The van der Waals surface area contributed by atoms with Gasteiger partial charge < -0.3 is 34.2 Å². The Kier molecular flexibility index (Phi) is 69.0. The van der Waals surface area contributed by atoms with Gasteiger partial charge in [0.05, 0.1) is 26.4 Å². The summed E-state index contributed by atoms with van der Waals surface area (Å²) in [5.41, 5.74) is 0. The maximum absolute atomic E-state index is 12.9. The molecule has 0 saturated carbocycles. The number of unbranched alkanes of at least 4 members (excludes halogenated alkanes) is 18. The van der Waals surface area contributed by atoms with E-state index in [1.807, 2.05) is 18.2 Å². The van der Waals surface area contributed by atoms with E-state index in [0.29, 0.717) is 25.7 Å². The largest absolute Gasteiger partial charge is 0.472 e. The topological polar surface area (TPSA) is 231 Å². The molecule has 562 valence electrons. The Morgan fingerprint density at radius 2 is 0.556 bits per heavy atom. The molecule has 0 saturated heterocycles. The first-order valence-electron chi connectivity index (χ1n) is 37.4. The summed E-state index contributed by atoms with van der Waals surface area (Å²) in [4.78, 5) is 58.5. The van der Waals surface area contributed by atoms with Gasteiger partial charge in [-0.2, -0.15) is 0 Å². The highest BCUT2D eigenvalue weighted by Crippen LogP contribution is 2.45. The smallest absolute Gasteiger partial charge is 0.463 e. The third-order valence-corrected chi connectivity index (χ3v) is 16.8. The van der Waals surface area contributed by atoms with E-state index in [0.717, 1.165) is 148 Å². The first kappa shape index (κ1) is 93.9. The second-order valence-corrected chi connectivity index (χ2v) is 27.2. The number of rotatable bonds is 69. The number of phosphoric acid groups is 2. The fraction of sp³-hybridized carbons (Fsp3) is 0.617. The van der Waals surface area contributed by atoms with Crippen LogP contribution in [0.25, 0.3) is 0 Å². The average molecular weight is 1420 g/mol. The molecule has 5 unspecified atom stereocenters. The van der Waals surface area contributed by atoms with Gasteiger partial charge >= 0.3 is 33.6 Å². The van der Waals surface area contributed by atoms with Gasteiger partial charge in [-0.1, -0.05) is 274 Å². The molecule has 0 spiro atoms. The number of esters is 3. The molecule has 0 rings (SSSR count). The van der Waals surface area contributed by atoms with Crippen molar-refractivity contribution in [2.45, 2.75) is 283 Å². The van der Waals surface area contributed by atoms with Gasteiger partial charge in [0.15, 0.2) is 6.10 Å². The van der Waals surface area contributed by atoms with Crippen LogP contribution in [0.2, 0.25) is 0 Å². The first-order chi connectivity index (χ1) is 48.2. The first-order valence-corrected chi connectivity index (χ1v) is 40.4. The Bertz CT molecular complexity index is 2480. The summed E-state index contributed by atoms with van der Waals surface area (Å²) in [5.74, 6) is -1.70. The number of aliphatic hydroxyl groups is 2. The van der Waals surface area contributed by atoms with Crippen LogP contribution >= 0.6 is 15.6 Å². The molecule has 0 bridgehead atoms. The third-order valence-electron chi connectivity index (χ3n) is 14.9. The molecule has 0 aromatic carbocycles. The second kappa shape index (κ2) is 72.7. The molecule has 0 amide bonds. The minimum absolute atomic E-state index is 0.0368. The molecule has 18 heteroatoms. The number of carbonyl (C=O) groups is 3. The summed E-state index contributed by atoms with van der Waals surface area (Å²) in [6, 6.07) is 0. The lowest BCUT2D eigenvalue weighted by Crippen LogP contribution is -2.30. The molecule has 0 aliphatic rings. The van der Waals surface area contributed by atoms with Crippen molar-refractivity contribution in [1.82, 2.24) is 0 Å². The SMILES string of the molecule is CC/C=C\C/C=C\C/C=C\C/C=C\C/C=C\C/C=C\CCCCCCCCCCCCC(=O)OCC(O)COP(=O)(O)OCC(O)COP(=O)(O)OCC(COC(=O)CC/C=C\C/C=C\C/C=C\C/C=C\C/C=C\C/C=C\CC)OC(=O)CCCCCCC/C=C\C/C=C\CCCCC. The van der Waals surface area contributed by atoms with Gasteiger partial charge in [-0.15, -0.1) is 0 Å². The van der Waals surface area contributed by atoms with E-state index in [1.165, 1.54) is 51.4 Å². The van der Waals surface area contributed by atoms with Gasteiger partial charge in [0.2, 0.25) is 0 Å². The fourth-order valence-corrected chi connectivity index (χ4v) is 10.9. The minimum Gasteiger partial charge on any atom is -0.463 e. The normalized spacial score (nSPS) is 15.0. The molecule has 0 heterocycles. The molecular weight excluding hydrogens is 1290 g/mol. The summed E-state index contributed by atoms with van der Waals surface area (Å²) in [7, 11) is -9.82. The predicted molar refractivity (Wildman–Crippen MR) is 408 cm³/mol. The number of aliphatic hydroxyl groups excluding tert-OH is 2. The van der Waals surface area contributed by atoms with Gasteiger partial charge in [-0.25, -0.2) is 9.13 Å². The zero-order valence-electron chi connectivity index (χ0n) is 61.1. The number of phosphoric ester groups is 2. The van der Waals surface area contributed by atoms with Crippen molar-refractivity contribution in [2.24, 2.45) is 0 Å². The Morgan fingerprint density at radius 1 is 0.293 bits per heavy atom. The summed E-state index contributed by atoms with van der Waals surface area (Å²) in [6.45, 7) is 2.29. The van der Waals surface area contributed by atoms with E-state index >= 15 is 0 Å². The van der Waals surface area contributed by atoms with E-state index in [4.69, 9.17) is 32.3 Å². The van der Waals surface area contributed by atoms with Crippen LogP contribution in [0.1, 0.15) is 265 Å². The number of carbonyl (C=O) groups excluding carboxylic acids is 3. The van der Waals surface area contributed by atoms with E-state index in [1.54, 1.807) is 0 Å². The summed E-state index contributed by atoms with van der Waals surface area (Å²) in [5, 5.41) is 20.6. The number of allylic oxidation sites excluding steroid dienone is 28. The molecule has 0 aliphatic carbocycles. The van der Waals surface area contributed by atoms with Crippen LogP contribution in [-0.2, 0) is 55.8 Å². The Labute approximate surface area is 599 Å². The van der Waals surface area contributed by atoms with Crippen LogP contribution < -0.4 is 0 Å². The molecular formula is C81H132O16P2. The van der Waals surface area contributed by atoms with Crippen LogP contribution in [0, 0.1) is 0 Å². The summed E-state index contributed by atoms with van der Waals surface area (Å²) in [6.07, 6.45) is 91.3. The van der Waals surface area contributed by atoms with Crippen molar-refractivity contribution in [3.63, 3.8) is 0 Å². The molecule has 0 fully saturated rings. The Hall–Kier alpha value is -5.09. The lowest BCUT2D eigenvalue weighted by molar-refractivity contribution is -0.161. The molecule has 16 nitrogen and oxygen atoms in total. The molecule has 99 heavy (non-hydrogen) atoms. The second-order valence-electron chi connectivity index (χ2n) is 24.3. The molecule has 4 N–H and O–H groups in total. The number of hydrogen-bond acceptors (Lipinski definition) is 14. The monoisotopic (exact) mass is 1420 g/mol. The molecule has 0 aromatic heterocycles. The predicted octanol–water partition coefficient (Wildman–Crippen LogP) is 21.6. The zero-order valence-corrected chi connectivity index (χ0v) is 62.9. The van der Waals surface area contributed by atoms with E-state index in [9.17, 15) is 43.5 Å². The molecule has 0 radical (unpaired) electrons. The van der Waals surface area contributed by atoms with Gasteiger partial charge in [0.25, 0.3) is 0 Å². The molecule has 5 atom stereocenters. The van der Waals surface area contributed by atoms with Crippen LogP contribution in [0.3, 0.4) is 0 Å². The van der Waals surface area contributed by atoms with Crippen LogP contribution in [0.5, 0.6) is 0 Å². The highest BCUT2D eigenvalue weighted by atomic mass is 31.2. The van der Waals surface area contributed by atoms with Crippen molar-refractivity contribution >= 4 is 33.6 Å². The van der Waals surface area contributed by atoms with Crippen LogP contribution in [-0.4, -0.2) is 95.9 Å². The van der Waals surface area contributed by atoms with Crippen molar-refractivity contribution in [2.75, 3.05) is 39.6 Å². The average Bonchev–Trinajstić information content (AvgIpc) is 1.73. The van der Waals surface area contributed by atoms with Crippen molar-refractivity contribution in [1.29, 1.82) is 0 Å². The Balaban J connectivity index is 4.61. The van der Waals surface area contributed by atoms with Gasteiger partial charge in [0, 0.05) is 19.3 Å². The zero-order chi connectivity index (χ0) is 72.3. The lowest BCUT2D eigenvalue weighted by Gasteiger charge is -2.21. The van der Waals surface area contributed by atoms with Crippen molar-refractivity contribution in [3.05, 3.63) is 170 Å². The van der Waals surface area contributed by atoms with Crippen molar-refractivity contribution < 1.29 is 75.8 Å². The molecule has 0 aromatic rings. The number of hydrogen-bond donors (Lipinski definition) is 4. The van der Waals surface area contributed by atoms with Gasteiger partial charge in [-0.05, 0) is 141 Å². The maximum atomic E-state index is 12.9. The van der Waals surface area contributed by atoms with Crippen LogP contribution in [0.4, 0.5) is 0 Å². The fourth-order valence-electron chi connectivity index (χ4n) is 9.28. The van der Waals surface area contributed by atoms with E-state index in [2.05, 4.69) is 173 Å². The minimum atomic E-state index is -4.95. The summed E-state index contributed by atoms with van der Waals surface area (Å²) < 4.78 is 60.9.